The topological polar surface area (TPSA) is 95.9 Å². The number of ether oxygens (including phenoxy) is 1. The Labute approximate surface area is 457 Å². The molecule has 2 atom stereocenters. The van der Waals surface area contributed by atoms with Crippen molar-refractivity contribution < 1.29 is 24.5 Å². The standard InChI is InChI=1S/C67H131NO5/c1-3-5-7-9-11-13-15-16-33-37-41-45-49-53-57-61-67(72)73-62-58-54-50-46-42-38-35-32-30-28-26-24-22-20-18-17-19-21-23-25-27-29-31-34-36-40-44-48-52-56-60-66(71)68-64(63-69)65(70)59-55-51-47-43-39-14-12-10-8-6-4-2/h55,59,64-65,69-70H,3-54,56-58,60-63H2,1-2H3,(H,68,71)/b59-55+. The van der Waals surface area contributed by atoms with E-state index in [9.17, 15) is 19.8 Å². The Morgan fingerprint density at radius 3 is 0.932 bits per heavy atom. The van der Waals surface area contributed by atoms with Crippen LogP contribution in [0.1, 0.15) is 380 Å². The summed E-state index contributed by atoms with van der Waals surface area (Å²) < 4.78 is 5.50. The second kappa shape index (κ2) is 63.1. The van der Waals surface area contributed by atoms with Gasteiger partial charge >= 0.3 is 5.97 Å². The van der Waals surface area contributed by atoms with E-state index in [1.807, 2.05) is 6.08 Å². The molecule has 0 saturated carbocycles. The lowest BCUT2D eigenvalue weighted by molar-refractivity contribution is -0.143. The Morgan fingerprint density at radius 1 is 0.370 bits per heavy atom. The summed E-state index contributed by atoms with van der Waals surface area (Å²) in [7, 11) is 0. The van der Waals surface area contributed by atoms with Crippen molar-refractivity contribution in [3.63, 3.8) is 0 Å². The van der Waals surface area contributed by atoms with Gasteiger partial charge in [0, 0.05) is 12.8 Å². The van der Waals surface area contributed by atoms with Crippen molar-refractivity contribution in [2.45, 2.75) is 392 Å². The van der Waals surface area contributed by atoms with E-state index in [4.69, 9.17) is 4.74 Å². The maximum absolute atomic E-state index is 12.4. The number of hydrogen-bond donors (Lipinski definition) is 3. The summed E-state index contributed by atoms with van der Waals surface area (Å²) in [5.41, 5.74) is 0. The maximum Gasteiger partial charge on any atom is 0.305 e. The summed E-state index contributed by atoms with van der Waals surface area (Å²) in [5.74, 6) is -0.0402. The zero-order valence-corrected chi connectivity index (χ0v) is 49.6. The van der Waals surface area contributed by atoms with E-state index in [2.05, 4.69) is 19.2 Å². The molecule has 0 spiro atoms. The first kappa shape index (κ1) is 71.6. The number of aliphatic hydroxyl groups excluding tert-OH is 2. The van der Waals surface area contributed by atoms with Crippen molar-refractivity contribution in [2.24, 2.45) is 0 Å². The van der Waals surface area contributed by atoms with Gasteiger partial charge in [-0.1, -0.05) is 347 Å². The van der Waals surface area contributed by atoms with Crippen LogP contribution in [0.5, 0.6) is 0 Å². The molecule has 6 nitrogen and oxygen atoms in total. The van der Waals surface area contributed by atoms with Gasteiger partial charge in [-0.3, -0.25) is 9.59 Å². The van der Waals surface area contributed by atoms with Crippen LogP contribution >= 0.6 is 0 Å². The van der Waals surface area contributed by atoms with Crippen LogP contribution in [0.4, 0.5) is 0 Å². The average molecular weight is 1030 g/mol. The largest absolute Gasteiger partial charge is 0.466 e. The van der Waals surface area contributed by atoms with Gasteiger partial charge in [0.2, 0.25) is 5.91 Å². The second-order valence-corrected chi connectivity index (χ2v) is 23.2. The predicted molar refractivity (Wildman–Crippen MR) is 320 cm³/mol. The molecule has 0 aromatic carbocycles. The fourth-order valence-electron chi connectivity index (χ4n) is 10.7. The van der Waals surface area contributed by atoms with E-state index >= 15 is 0 Å². The van der Waals surface area contributed by atoms with Crippen LogP contribution in [0.25, 0.3) is 0 Å². The third-order valence-corrected chi connectivity index (χ3v) is 15.8. The first-order valence-corrected chi connectivity index (χ1v) is 33.5. The summed E-state index contributed by atoms with van der Waals surface area (Å²) in [5, 5.41) is 23.0. The van der Waals surface area contributed by atoms with Crippen LogP contribution in [0.2, 0.25) is 0 Å². The van der Waals surface area contributed by atoms with Crippen molar-refractivity contribution in [2.75, 3.05) is 13.2 Å². The number of amides is 1. The zero-order valence-electron chi connectivity index (χ0n) is 49.6. The quantitative estimate of drug-likeness (QED) is 0.0320. The second-order valence-electron chi connectivity index (χ2n) is 23.2. The zero-order chi connectivity index (χ0) is 52.9. The van der Waals surface area contributed by atoms with E-state index in [-0.39, 0.29) is 18.5 Å². The molecule has 434 valence electrons. The summed E-state index contributed by atoms with van der Waals surface area (Å²) >= 11 is 0. The lowest BCUT2D eigenvalue weighted by atomic mass is 10.0. The number of carbonyl (C=O) groups excluding carboxylic acids is 2. The molecular weight excluding hydrogens is 899 g/mol. The van der Waals surface area contributed by atoms with E-state index in [0.717, 1.165) is 38.5 Å². The van der Waals surface area contributed by atoms with Gasteiger partial charge in [0.15, 0.2) is 0 Å². The fourth-order valence-corrected chi connectivity index (χ4v) is 10.7. The Bertz CT molecular complexity index is 1100. The summed E-state index contributed by atoms with van der Waals surface area (Å²) in [6.45, 7) is 4.93. The Kier molecular flexibility index (Phi) is 61.9. The minimum absolute atomic E-state index is 0.0233. The average Bonchev–Trinajstić information content (AvgIpc) is 3.39. The van der Waals surface area contributed by atoms with Gasteiger partial charge in [0.1, 0.15) is 0 Å². The highest BCUT2D eigenvalue weighted by Gasteiger charge is 2.18. The summed E-state index contributed by atoms with van der Waals surface area (Å²) in [6.07, 6.45) is 77.2. The van der Waals surface area contributed by atoms with Crippen LogP contribution in [-0.4, -0.2) is 47.4 Å². The van der Waals surface area contributed by atoms with Crippen LogP contribution in [0.3, 0.4) is 0 Å². The molecular formula is C67H131NO5. The SMILES string of the molecule is CCCCCCCCCCC/C=C/C(O)C(CO)NC(=O)CCCCCCCCCCCCCCCCCCCCCCCCCCCCCCCCOC(=O)CCCCCCCCCCCCCCCCC. The molecule has 0 rings (SSSR count). The number of rotatable bonds is 63. The lowest BCUT2D eigenvalue weighted by Crippen LogP contribution is -2.45. The third kappa shape index (κ3) is 59.7. The summed E-state index contributed by atoms with van der Waals surface area (Å²) in [4.78, 5) is 24.5. The molecule has 2 unspecified atom stereocenters. The van der Waals surface area contributed by atoms with Crippen molar-refractivity contribution in [1.29, 1.82) is 0 Å². The van der Waals surface area contributed by atoms with Gasteiger partial charge in [-0.05, 0) is 32.1 Å². The van der Waals surface area contributed by atoms with E-state index in [1.54, 1.807) is 6.08 Å². The molecule has 3 N–H and O–H groups in total. The van der Waals surface area contributed by atoms with E-state index in [1.165, 1.54) is 315 Å². The minimum atomic E-state index is -0.839. The third-order valence-electron chi connectivity index (χ3n) is 15.8. The monoisotopic (exact) mass is 1030 g/mol. The highest BCUT2D eigenvalue weighted by Crippen LogP contribution is 2.19. The molecule has 0 aromatic heterocycles. The number of aliphatic hydroxyl groups is 2. The Hall–Kier alpha value is -1.40. The van der Waals surface area contributed by atoms with Crippen molar-refractivity contribution in [3.8, 4) is 0 Å². The molecule has 0 radical (unpaired) electrons. The van der Waals surface area contributed by atoms with Crippen molar-refractivity contribution >= 4 is 11.9 Å². The number of esters is 1. The Morgan fingerprint density at radius 2 is 0.630 bits per heavy atom. The molecule has 0 bridgehead atoms. The highest BCUT2D eigenvalue weighted by molar-refractivity contribution is 5.76. The fraction of sp³-hybridized carbons (Fsp3) is 0.940. The number of unbranched alkanes of at least 4 members (excludes halogenated alkanes) is 52. The van der Waals surface area contributed by atoms with Crippen LogP contribution in [0.15, 0.2) is 12.2 Å². The van der Waals surface area contributed by atoms with E-state index < -0.39 is 12.1 Å². The minimum Gasteiger partial charge on any atom is -0.466 e. The van der Waals surface area contributed by atoms with Crippen LogP contribution < -0.4 is 5.32 Å². The highest BCUT2D eigenvalue weighted by atomic mass is 16.5. The molecule has 0 aliphatic heterocycles. The van der Waals surface area contributed by atoms with Crippen molar-refractivity contribution in [3.05, 3.63) is 12.2 Å². The first-order chi connectivity index (χ1) is 36.0. The molecule has 73 heavy (non-hydrogen) atoms. The molecule has 0 aliphatic carbocycles. The molecule has 1 amide bonds. The first-order valence-electron chi connectivity index (χ1n) is 33.5. The number of nitrogens with one attached hydrogen (secondary N) is 1. The number of hydrogen-bond acceptors (Lipinski definition) is 5. The van der Waals surface area contributed by atoms with Crippen LogP contribution in [-0.2, 0) is 14.3 Å². The van der Waals surface area contributed by atoms with Gasteiger partial charge in [0.05, 0.1) is 25.4 Å². The predicted octanol–water partition coefficient (Wildman–Crippen LogP) is 21.2. The summed E-state index contributed by atoms with van der Waals surface area (Å²) in [6, 6.07) is -0.622. The smallest absolute Gasteiger partial charge is 0.305 e. The Balaban J connectivity index is 3.30. The molecule has 0 aromatic rings. The van der Waals surface area contributed by atoms with Crippen molar-refractivity contribution in [1.82, 2.24) is 5.32 Å². The number of carbonyl (C=O) groups is 2. The van der Waals surface area contributed by atoms with Gasteiger partial charge < -0.3 is 20.3 Å². The molecule has 0 fully saturated rings. The van der Waals surface area contributed by atoms with Gasteiger partial charge in [0.25, 0.3) is 0 Å². The lowest BCUT2D eigenvalue weighted by Gasteiger charge is -2.20. The van der Waals surface area contributed by atoms with Gasteiger partial charge in [-0.15, -0.1) is 0 Å². The maximum atomic E-state index is 12.4. The molecule has 0 heterocycles. The number of allylic oxidation sites excluding steroid dienone is 1. The molecule has 6 heteroatoms. The molecule has 0 saturated heterocycles. The van der Waals surface area contributed by atoms with Crippen LogP contribution in [0, 0.1) is 0 Å². The molecule has 0 aliphatic rings. The van der Waals surface area contributed by atoms with Gasteiger partial charge in [-0.25, -0.2) is 0 Å². The van der Waals surface area contributed by atoms with E-state index in [0.29, 0.717) is 19.4 Å². The van der Waals surface area contributed by atoms with Gasteiger partial charge in [-0.2, -0.15) is 0 Å². The normalized spacial score (nSPS) is 12.5.